The van der Waals surface area contributed by atoms with E-state index in [2.05, 4.69) is 17.2 Å². The summed E-state index contributed by atoms with van der Waals surface area (Å²) in [5, 5.41) is 7.81. The Kier molecular flexibility index (Phi) is 5.95. The highest BCUT2D eigenvalue weighted by Crippen LogP contribution is 2.23. The Morgan fingerprint density at radius 3 is 2.62 bits per heavy atom. The van der Waals surface area contributed by atoms with Crippen molar-refractivity contribution >= 4 is 22.8 Å². The van der Waals surface area contributed by atoms with Gasteiger partial charge in [0.2, 0.25) is 0 Å². The lowest BCUT2D eigenvalue weighted by Gasteiger charge is -2.17. The van der Waals surface area contributed by atoms with Crippen LogP contribution in [0.15, 0.2) is 54.6 Å². The predicted octanol–water partition coefficient (Wildman–Crippen LogP) is 3.32. The summed E-state index contributed by atoms with van der Waals surface area (Å²) in [5.74, 6) is -0.457. The number of amides is 2. The number of fused-ring (bicyclic) bond motifs is 1. The van der Waals surface area contributed by atoms with Gasteiger partial charge in [0.1, 0.15) is 6.61 Å². The number of urea groups is 1. The molecule has 0 saturated heterocycles. The third kappa shape index (κ3) is 4.59. The topological polar surface area (TPSA) is 67.4 Å². The molecule has 0 aliphatic carbocycles. The zero-order valence-electron chi connectivity index (χ0n) is 14.0. The third-order valence-corrected chi connectivity index (χ3v) is 3.61. The molecule has 5 heteroatoms. The molecule has 0 bridgehead atoms. The first-order valence-electron chi connectivity index (χ1n) is 7.83. The molecule has 2 N–H and O–H groups in total. The first-order chi connectivity index (χ1) is 11.5. The molecule has 0 aromatic heterocycles. The first kappa shape index (κ1) is 17.5. The first-order valence-corrected chi connectivity index (χ1v) is 7.83. The number of ether oxygens (including phenoxy) is 1. The summed E-state index contributed by atoms with van der Waals surface area (Å²) in [5.41, 5.74) is 1.39. The molecular weight excluding hydrogens is 304 g/mol. The van der Waals surface area contributed by atoms with Crippen LogP contribution in [0, 0.1) is 0 Å². The van der Waals surface area contributed by atoms with E-state index in [1.54, 1.807) is 6.92 Å². The molecule has 1 unspecified atom stereocenters. The van der Waals surface area contributed by atoms with Crippen molar-refractivity contribution in [1.29, 1.82) is 0 Å². The number of carbonyl (C=O) groups excluding carboxylic acids is 2. The van der Waals surface area contributed by atoms with Crippen LogP contribution in [-0.4, -0.2) is 25.2 Å². The smallest absolute Gasteiger partial charge is 0.333 e. The Morgan fingerprint density at radius 1 is 1.17 bits per heavy atom. The third-order valence-electron chi connectivity index (χ3n) is 3.61. The zero-order chi connectivity index (χ0) is 17.5. The van der Waals surface area contributed by atoms with Crippen molar-refractivity contribution in [2.45, 2.75) is 19.9 Å². The van der Waals surface area contributed by atoms with Gasteiger partial charge in [-0.2, -0.15) is 0 Å². The molecule has 126 valence electrons. The number of hydrogen-bond acceptors (Lipinski definition) is 3. The Labute approximate surface area is 141 Å². The van der Waals surface area contributed by atoms with Gasteiger partial charge in [-0.05, 0) is 30.2 Å². The van der Waals surface area contributed by atoms with Crippen molar-refractivity contribution in [3.8, 4) is 0 Å². The standard InChI is InChI=1S/C19H22N2O3/c1-13(2)18(22)24-12-11-20-19(23)21-14(3)16-10-6-8-15-7-4-5-9-17(15)16/h4-10,14H,1,11-12H2,2-3H3,(H2,20,21,23). The van der Waals surface area contributed by atoms with E-state index in [1.165, 1.54) is 0 Å². The number of hydrogen-bond donors (Lipinski definition) is 2. The zero-order valence-corrected chi connectivity index (χ0v) is 14.0. The van der Waals surface area contributed by atoms with Gasteiger partial charge in [-0.25, -0.2) is 9.59 Å². The van der Waals surface area contributed by atoms with Gasteiger partial charge in [-0.1, -0.05) is 49.0 Å². The van der Waals surface area contributed by atoms with E-state index in [9.17, 15) is 9.59 Å². The molecule has 24 heavy (non-hydrogen) atoms. The fourth-order valence-electron chi connectivity index (χ4n) is 2.38. The minimum Gasteiger partial charge on any atom is -0.460 e. The van der Waals surface area contributed by atoms with Crippen molar-refractivity contribution in [1.82, 2.24) is 10.6 Å². The monoisotopic (exact) mass is 326 g/mol. The molecule has 0 radical (unpaired) electrons. The Balaban J connectivity index is 1.87. The van der Waals surface area contributed by atoms with Crippen LogP contribution in [0.4, 0.5) is 4.79 Å². The van der Waals surface area contributed by atoms with E-state index in [0.717, 1.165) is 16.3 Å². The van der Waals surface area contributed by atoms with Gasteiger partial charge < -0.3 is 15.4 Å². The van der Waals surface area contributed by atoms with Crippen LogP contribution >= 0.6 is 0 Å². The highest BCUT2D eigenvalue weighted by molar-refractivity contribution is 5.87. The van der Waals surface area contributed by atoms with E-state index >= 15 is 0 Å². The maximum Gasteiger partial charge on any atom is 0.333 e. The summed E-state index contributed by atoms with van der Waals surface area (Å²) in [6, 6.07) is 13.6. The molecule has 0 fully saturated rings. The van der Waals surface area contributed by atoms with Crippen molar-refractivity contribution in [3.05, 3.63) is 60.2 Å². The van der Waals surface area contributed by atoms with E-state index in [0.29, 0.717) is 5.57 Å². The normalized spacial score (nSPS) is 11.6. The second-order valence-electron chi connectivity index (χ2n) is 5.61. The number of nitrogens with one attached hydrogen (secondary N) is 2. The summed E-state index contributed by atoms with van der Waals surface area (Å²) in [6.45, 7) is 7.36. The molecule has 0 spiro atoms. The average molecular weight is 326 g/mol. The van der Waals surface area contributed by atoms with Gasteiger partial charge in [0, 0.05) is 5.57 Å². The lowest BCUT2D eigenvalue weighted by Crippen LogP contribution is -2.38. The fraction of sp³-hybridized carbons (Fsp3) is 0.263. The van der Waals surface area contributed by atoms with Gasteiger partial charge in [0.15, 0.2) is 0 Å². The fourth-order valence-corrected chi connectivity index (χ4v) is 2.38. The highest BCUT2D eigenvalue weighted by Gasteiger charge is 2.12. The van der Waals surface area contributed by atoms with Crippen LogP contribution in [0.2, 0.25) is 0 Å². The van der Waals surface area contributed by atoms with Gasteiger partial charge in [-0.15, -0.1) is 0 Å². The molecule has 0 saturated carbocycles. The Bertz CT molecular complexity index is 750. The quantitative estimate of drug-likeness (QED) is 0.486. The van der Waals surface area contributed by atoms with Crippen LogP contribution in [0.3, 0.4) is 0 Å². The molecule has 2 rings (SSSR count). The largest absolute Gasteiger partial charge is 0.460 e. The van der Waals surface area contributed by atoms with Crippen LogP contribution in [0.1, 0.15) is 25.5 Å². The van der Waals surface area contributed by atoms with E-state index in [1.807, 2.05) is 49.4 Å². The van der Waals surface area contributed by atoms with E-state index < -0.39 is 5.97 Å². The summed E-state index contributed by atoms with van der Waals surface area (Å²) in [4.78, 5) is 23.2. The molecule has 0 aliphatic heterocycles. The SMILES string of the molecule is C=C(C)C(=O)OCCNC(=O)NC(C)c1cccc2ccccc12. The van der Waals surface area contributed by atoms with Crippen molar-refractivity contribution in [3.63, 3.8) is 0 Å². The highest BCUT2D eigenvalue weighted by atomic mass is 16.5. The molecular formula is C19H22N2O3. The summed E-state index contributed by atoms with van der Waals surface area (Å²) >= 11 is 0. The summed E-state index contributed by atoms with van der Waals surface area (Å²) in [7, 11) is 0. The maximum atomic E-state index is 12.0. The van der Waals surface area contributed by atoms with Crippen molar-refractivity contribution in [2.24, 2.45) is 0 Å². The average Bonchev–Trinajstić information content (AvgIpc) is 2.57. The van der Waals surface area contributed by atoms with Crippen LogP contribution in [0.25, 0.3) is 10.8 Å². The van der Waals surface area contributed by atoms with Crippen molar-refractivity contribution < 1.29 is 14.3 Å². The lowest BCUT2D eigenvalue weighted by molar-refractivity contribution is -0.138. The predicted molar refractivity (Wildman–Crippen MR) is 94.7 cm³/mol. The van der Waals surface area contributed by atoms with Gasteiger partial charge in [0.05, 0.1) is 12.6 Å². The summed E-state index contributed by atoms with van der Waals surface area (Å²) < 4.78 is 4.92. The molecule has 2 amide bonds. The lowest BCUT2D eigenvalue weighted by atomic mass is 10.00. The second-order valence-corrected chi connectivity index (χ2v) is 5.61. The number of rotatable bonds is 6. The molecule has 0 heterocycles. The van der Waals surface area contributed by atoms with Crippen LogP contribution < -0.4 is 10.6 Å². The Morgan fingerprint density at radius 2 is 1.88 bits per heavy atom. The van der Waals surface area contributed by atoms with Gasteiger partial charge in [-0.3, -0.25) is 0 Å². The molecule has 2 aromatic carbocycles. The maximum absolute atomic E-state index is 12.0. The molecule has 5 nitrogen and oxygen atoms in total. The van der Waals surface area contributed by atoms with Crippen LogP contribution in [-0.2, 0) is 9.53 Å². The summed E-state index contributed by atoms with van der Waals surface area (Å²) in [6.07, 6.45) is 0. The number of carbonyl (C=O) groups is 2. The number of benzene rings is 2. The van der Waals surface area contributed by atoms with Gasteiger partial charge in [0.25, 0.3) is 0 Å². The van der Waals surface area contributed by atoms with E-state index in [-0.39, 0.29) is 25.2 Å². The molecule has 0 aliphatic rings. The second kappa shape index (κ2) is 8.15. The van der Waals surface area contributed by atoms with Crippen molar-refractivity contribution in [2.75, 3.05) is 13.2 Å². The van der Waals surface area contributed by atoms with Gasteiger partial charge >= 0.3 is 12.0 Å². The molecule has 1 atom stereocenters. The minimum absolute atomic E-state index is 0.113. The minimum atomic E-state index is -0.457. The van der Waals surface area contributed by atoms with E-state index in [4.69, 9.17) is 4.74 Å². The number of esters is 1. The molecule has 2 aromatic rings. The van der Waals surface area contributed by atoms with Crippen LogP contribution in [0.5, 0.6) is 0 Å². The Hall–Kier alpha value is -2.82.